The molecule has 0 aromatic carbocycles. The number of carbonyl (C=O) groups excluding carboxylic acids is 2. The summed E-state index contributed by atoms with van der Waals surface area (Å²) in [6.07, 6.45) is 5.13. The zero-order valence-corrected chi connectivity index (χ0v) is 14.8. The largest absolute Gasteiger partial charge is 0.341 e. The van der Waals surface area contributed by atoms with Gasteiger partial charge in [0.05, 0.1) is 12.2 Å². The minimum Gasteiger partial charge on any atom is -0.341 e. The number of aromatic amines is 1. The highest BCUT2D eigenvalue weighted by Gasteiger charge is 2.27. The quantitative estimate of drug-likeness (QED) is 0.891. The van der Waals surface area contributed by atoms with Gasteiger partial charge in [0, 0.05) is 38.0 Å². The van der Waals surface area contributed by atoms with E-state index >= 15 is 0 Å². The molecule has 0 bridgehead atoms. The number of aromatic nitrogens is 2. The normalized spacial score (nSPS) is 19.8. The molecular formula is C18H26N4O3. The van der Waals surface area contributed by atoms with Crippen LogP contribution in [0, 0.1) is 6.92 Å². The molecule has 1 aromatic rings. The van der Waals surface area contributed by atoms with E-state index in [1.54, 1.807) is 17.9 Å². The number of hydrogen-bond acceptors (Lipinski definition) is 4. The second-order valence-electron chi connectivity index (χ2n) is 7.04. The minimum absolute atomic E-state index is 0.0312. The number of nitrogens with one attached hydrogen (secondary N) is 1. The molecule has 1 N–H and O–H groups in total. The van der Waals surface area contributed by atoms with Crippen molar-refractivity contribution in [3.8, 4) is 0 Å². The summed E-state index contributed by atoms with van der Waals surface area (Å²) in [6, 6.07) is 1.56. The molecule has 0 radical (unpaired) electrons. The second-order valence-corrected chi connectivity index (χ2v) is 7.04. The van der Waals surface area contributed by atoms with Crippen LogP contribution in [0.25, 0.3) is 0 Å². The maximum atomic E-state index is 12.5. The third kappa shape index (κ3) is 4.46. The monoisotopic (exact) mass is 346 g/mol. The van der Waals surface area contributed by atoms with E-state index in [2.05, 4.69) is 9.97 Å². The molecule has 1 aromatic heterocycles. The van der Waals surface area contributed by atoms with Crippen molar-refractivity contribution in [2.24, 2.45) is 0 Å². The van der Waals surface area contributed by atoms with Crippen LogP contribution in [0.4, 0.5) is 0 Å². The van der Waals surface area contributed by atoms with Crippen LogP contribution >= 0.6 is 0 Å². The first-order valence-electron chi connectivity index (χ1n) is 9.16. The zero-order valence-electron chi connectivity index (χ0n) is 14.8. The third-order valence-corrected chi connectivity index (χ3v) is 5.14. The maximum absolute atomic E-state index is 12.5. The lowest BCUT2D eigenvalue weighted by atomic mass is 9.93. The van der Waals surface area contributed by atoms with Gasteiger partial charge in [0.15, 0.2) is 0 Å². The van der Waals surface area contributed by atoms with Crippen molar-refractivity contribution >= 4 is 11.8 Å². The van der Waals surface area contributed by atoms with Crippen LogP contribution in [0.5, 0.6) is 0 Å². The van der Waals surface area contributed by atoms with Crippen LogP contribution in [0.1, 0.15) is 56.0 Å². The number of hydrogen-bond donors (Lipinski definition) is 1. The first-order chi connectivity index (χ1) is 12.0. The number of H-pyrrole nitrogens is 1. The van der Waals surface area contributed by atoms with E-state index in [1.165, 1.54) is 0 Å². The van der Waals surface area contributed by atoms with Gasteiger partial charge in [-0.3, -0.25) is 14.4 Å². The van der Waals surface area contributed by atoms with Crippen molar-refractivity contribution in [3.05, 3.63) is 27.9 Å². The van der Waals surface area contributed by atoms with E-state index < -0.39 is 0 Å². The van der Waals surface area contributed by atoms with Crippen molar-refractivity contribution in [1.82, 2.24) is 19.8 Å². The van der Waals surface area contributed by atoms with Crippen LogP contribution in [0.15, 0.2) is 10.9 Å². The zero-order chi connectivity index (χ0) is 17.8. The minimum atomic E-state index is -0.124. The summed E-state index contributed by atoms with van der Waals surface area (Å²) < 4.78 is 0. The van der Waals surface area contributed by atoms with Gasteiger partial charge >= 0.3 is 0 Å². The van der Waals surface area contributed by atoms with E-state index in [9.17, 15) is 14.4 Å². The summed E-state index contributed by atoms with van der Waals surface area (Å²) >= 11 is 0. The van der Waals surface area contributed by atoms with E-state index in [-0.39, 0.29) is 29.8 Å². The fourth-order valence-corrected chi connectivity index (χ4v) is 3.71. The topological polar surface area (TPSA) is 86.4 Å². The third-order valence-electron chi connectivity index (χ3n) is 5.14. The Balaban J connectivity index is 1.55. The summed E-state index contributed by atoms with van der Waals surface area (Å²) in [5.41, 5.74) is 0.691. The van der Waals surface area contributed by atoms with Crippen LogP contribution in [-0.2, 0) is 9.59 Å². The molecule has 0 unspecified atom stereocenters. The Bertz CT molecular complexity index is 692. The molecule has 2 aliphatic rings. The van der Waals surface area contributed by atoms with Gasteiger partial charge in [0.2, 0.25) is 11.8 Å². The van der Waals surface area contributed by atoms with Crippen LogP contribution in [0.3, 0.4) is 0 Å². The molecule has 2 aliphatic heterocycles. The summed E-state index contributed by atoms with van der Waals surface area (Å²) in [4.78, 5) is 46.8. The van der Waals surface area contributed by atoms with Gasteiger partial charge in [0.25, 0.3) is 5.56 Å². The Hall–Kier alpha value is -2.18. The van der Waals surface area contributed by atoms with Gasteiger partial charge in [-0.1, -0.05) is 6.42 Å². The highest BCUT2D eigenvalue weighted by atomic mass is 16.2. The second kappa shape index (κ2) is 7.80. The molecule has 0 aliphatic carbocycles. The van der Waals surface area contributed by atoms with Gasteiger partial charge in [-0.2, -0.15) is 0 Å². The maximum Gasteiger partial charge on any atom is 0.251 e. The SMILES string of the molecule is Cc1nc(C2CCN(C(=O)CN3CCCCCC3=O)CC2)cc(=O)[nH]1. The molecule has 136 valence electrons. The molecule has 0 saturated carbocycles. The van der Waals surface area contributed by atoms with E-state index in [4.69, 9.17) is 0 Å². The lowest BCUT2D eigenvalue weighted by Crippen LogP contribution is -2.45. The molecule has 3 rings (SSSR count). The number of aryl methyl sites for hydroxylation is 1. The molecule has 25 heavy (non-hydrogen) atoms. The first kappa shape index (κ1) is 17.6. The van der Waals surface area contributed by atoms with Crippen molar-refractivity contribution in [2.75, 3.05) is 26.2 Å². The van der Waals surface area contributed by atoms with Crippen LogP contribution < -0.4 is 5.56 Å². The van der Waals surface area contributed by atoms with Gasteiger partial charge in [0.1, 0.15) is 5.82 Å². The Kier molecular flexibility index (Phi) is 5.50. The molecular weight excluding hydrogens is 320 g/mol. The average Bonchev–Trinajstić information content (AvgIpc) is 2.79. The van der Waals surface area contributed by atoms with Gasteiger partial charge in [-0.25, -0.2) is 4.98 Å². The summed E-state index contributed by atoms with van der Waals surface area (Å²) in [5, 5.41) is 0. The molecule has 3 heterocycles. The highest BCUT2D eigenvalue weighted by molar-refractivity contribution is 5.85. The smallest absolute Gasteiger partial charge is 0.251 e. The molecule has 0 atom stereocenters. The lowest BCUT2D eigenvalue weighted by molar-refractivity contribution is -0.140. The van der Waals surface area contributed by atoms with Gasteiger partial charge in [-0.15, -0.1) is 0 Å². The van der Waals surface area contributed by atoms with Crippen LogP contribution in [-0.4, -0.2) is 57.8 Å². The number of likely N-dealkylation sites (tertiary alicyclic amines) is 2. The number of carbonyl (C=O) groups is 2. The molecule has 2 fully saturated rings. The molecule has 2 amide bonds. The van der Waals surface area contributed by atoms with Crippen molar-refractivity contribution < 1.29 is 9.59 Å². The summed E-state index contributed by atoms with van der Waals surface area (Å²) in [6.45, 7) is 3.97. The predicted molar refractivity (Wildman–Crippen MR) is 93.2 cm³/mol. The van der Waals surface area contributed by atoms with Crippen molar-refractivity contribution in [2.45, 2.75) is 51.4 Å². The van der Waals surface area contributed by atoms with E-state index in [0.29, 0.717) is 31.9 Å². The van der Waals surface area contributed by atoms with Crippen molar-refractivity contribution in [3.63, 3.8) is 0 Å². The Labute approximate surface area is 147 Å². The Morgan fingerprint density at radius 2 is 1.96 bits per heavy atom. The van der Waals surface area contributed by atoms with Gasteiger partial charge in [-0.05, 0) is 32.6 Å². The average molecular weight is 346 g/mol. The molecule has 2 saturated heterocycles. The van der Waals surface area contributed by atoms with E-state index in [1.807, 2.05) is 4.90 Å². The number of rotatable bonds is 3. The van der Waals surface area contributed by atoms with Crippen molar-refractivity contribution in [1.29, 1.82) is 0 Å². The Morgan fingerprint density at radius 3 is 2.68 bits per heavy atom. The van der Waals surface area contributed by atoms with Gasteiger partial charge < -0.3 is 14.8 Å². The first-order valence-corrected chi connectivity index (χ1v) is 9.16. The van der Waals surface area contributed by atoms with Crippen LogP contribution in [0.2, 0.25) is 0 Å². The lowest BCUT2D eigenvalue weighted by Gasteiger charge is -2.33. The number of nitrogens with zero attached hydrogens (tertiary/aromatic N) is 3. The molecule has 7 heteroatoms. The fraction of sp³-hybridized carbons (Fsp3) is 0.667. The summed E-state index contributed by atoms with van der Waals surface area (Å²) in [5.74, 6) is 0.971. The highest BCUT2D eigenvalue weighted by Crippen LogP contribution is 2.26. The number of amides is 2. The molecule has 7 nitrogen and oxygen atoms in total. The Morgan fingerprint density at radius 1 is 1.20 bits per heavy atom. The predicted octanol–water partition coefficient (Wildman–Crippen LogP) is 1.19. The molecule has 0 spiro atoms. The number of piperidine rings is 1. The standard InChI is InChI=1S/C18H26N4O3/c1-13-19-15(11-16(23)20-13)14-6-9-21(10-7-14)18(25)12-22-8-4-2-3-5-17(22)24/h11,14H,2-10,12H2,1H3,(H,19,20,23). The summed E-state index contributed by atoms with van der Waals surface area (Å²) in [7, 11) is 0. The fourth-order valence-electron chi connectivity index (χ4n) is 3.71. The van der Waals surface area contributed by atoms with E-state index in [0.717, 1.165) is 37.8 Å².